The van der Waals surface area contributed by atoms with Gasteiger partial charge in [-0.05, 0) is 63.8 Å². The minimum Gasteiger partial charge on any atom is -0.497 e. The van der Waals surface area contributed by atoms with Crippen molar-refractivity contribution < 1.29 is 19.0 Å². The second-order valence-electron chi connectivity index (χ2n) is 7.00. The van der Waals surface area contributed by atoms with Gasteiger partial charge in [0.15, 0.2) is 11.5 Å². The Morgan fingerprint density at radius 3 is 2.39 bits per heavy atom. The Kier molecular flexibility index (Phi) is 7.70. The number of likely N-dealkylation sites (N-methyl/N-ethyl adjacent to an activating group) is 1. The van der Waals surface area contributed by atoms with E-state index in [0.29, 0.717) is 23.6 Å². The number of methoxy groups -OCH3 is 2. The van der Waals surface area contributed by atoms with Crippen LogP contribution in [0.3, 0.4) is 0 Å². The highest BCUT2D eigenvalue weighted by atomic mass is 16.5. The molecule has 1 amide bonds. The van der Waals surface area contributed by atoms with Crippen LogP contribution in [-0.4, -0.2) is 51.8 Å². The minimum atomic E-state index is -0.163. The Bertz CT molecular complexity index is 790. The minimum absolute atomic E-state index is 0.0180. The molecule has 0 spiro atoms. The van der Waals surface area contributed by atoms with E-state index >= 15 is 0 Å². The van der Waals surface area contributed by atoms with E-state index in [4.69, 9.17) is 14.2 Å². The Labute approximate surface area is 167 Å². The Balaban J connectivity index is 2.12. The fourth-order valence-corrected chi connectivity index (χ4v) is 2.90. The highest BCUT2D eigenvalue weighted by Gasteiger charge is 2.18. The van der Waals surface area contributed by atoms with Crippen molar-refractivity contribution in [2.45, 2.75) is 26.0 Å². The first-order chi connectivity index (χ1) is 13.3. The molecule has 1 atom stereocenters. The second kappa shape index (κ2) is 9.99. The molecule has 0 heterocycles. The predicted molar refractivity (Wildman–Crippen MR) is 111 cm³/mol. The maximum atomic E-state index is 12.7. The van der Waals surface area contributed by atoms with E-state index in [2.05, 4.69) is 10.2 Å². The summed E-state index contributed by atoms with van der Waals surface area (Å²) < 4.78 is 16.4. The lowest BCUT2D eigenvalue weighted by atomic mass is 10.1. The fourth-order valence-electron chi connectivity index (χ4n) is 2.90. The number of rotatable bonds is 9. The van der Waals surface area contributed by atoms with Crippen molar-refractivity contribution in [3.63, 3.8) is 0 Å². The lowest BCUT2D eigenvalue weighted by Gasteiger charge is -2.25. The molecule has 1 unspecified atom stereocenters. The zero-order valence-electron chi connectivity index (χ0n) is 17.5. The third kappa shape index (κ3) is 5.63. The fraction of sp³-hybridized carbons (Fsp3) is 0.409. The van der Waals surface area contributed by atoms with Crippen molar-refractivity contribution >= 4 is 5.91 Å². The Morgan fingerprint density at radius 2 is 1.79 bits per heavy atom. The molecule has 0 radical (unpaired) electrons. The van der Waals surface area contributed by atoms with Crippen LogP contribution in [0, 0.1) is 0 Å². The summed E-state index contributed by atoms with van der Waals surface area (Å²) >= 11 is 0. The first-order valence-corrected chi connectivity index (χ1v) is 9.29. The molecule has 2 rings (SSSR count). The number of nitrogens with one attached hydrogen (secondary N) is 1. The molecule has 0 bridgehead atoms. The molecule has 0 aliphatic rings. The maximum absolute atomic E-state index is 12.7. The van der Waals surface area contributed by atoms with Crippen LogP contribution in [0.5, 0.6) is 17.2 Å². The molecule has 1 N–H and O–H groups in total. The molecule has 0 aromatic heterocycles. The van der Waals surface area contributed by atoms with Gasteiger partial charge in [-0.3, -0.25) is 4.79 Å². The van der Waals surface area contributed by atoms with Crippen LogP contribution in [0.4, 0.5) is 0 Å². The molecule has 2 aromatic rings. The van der Waals surface area contributed by atoms with Crippen LogP contribution >= 0.6 is 0 Å². The molecule has 28 heavy (non-hydrogen) atoms. The zero-order chi connectivity index (χ0) is 20.7. The summed E-state index contributed by atoms with van der Waals surface area (Å²) in [5.41, 5.74) is 1.60. The number of ether oxygens (including phenoxy) is 3. The third-order valence-corrected chi connectivity index (χ3v) is 4.35. The summed E-state index contributed by atoms with van der Waals surface area (Å²) in [6, 6.07) is 13.1. The quantitative estimate of drug-likeness (QED) is 0.714. The van der Waals surface area contributed by atoms with Crippen molar-refractivity contribution in [3.8, 4) is 17.2 Å². The number of nitrogens with zero attached hydrogens (tertiary/aromatic N) is 1. The standard InChI is InChI=1S/C22H30N2O4/c1-15(2)28-20-11-10-17(13-21(20)27-6)22(25)23-14-19(24(3)4)16-8-7-9-18(12-16)26-5/h7-13,15,19H,14H2,1-6H3,(H,23,25). The number of carbonyl (C=O) groups excluding carboxylic acids is 1. The Hall–Kier alpha value is -2.73. The van der Waals surface area contributed by atoms with Gasteiger partial charge >= 0.3 is 0 Å². The van der Waals surface area contributed by atoms with Gasteiger partial charge in [-0.2, -0.15) is 0 Å². The summed E-state index contributed by atoms with van der Waals surface area (Å²) in [5, 5.41) is 3.01. The number of benzene rings is 2. The van der Waals surface area contributed by atoms with Gasteiger partial charge in [0, 0.05) is 12.1 Å². The van der Waals surface area contributed by atoms with E-state index in [0.717, 1.165) is 11.3 Å². The molecule has 6 heteroatoms. The highest BCUT2D eigenvalue weighted by Crippen LogP contribution is 2.29. The number of amides is 1. The molecule has 0 aliphatic heterocycles. The Morgan fingerprint density at radius 1 is 1.04 bits per heavy atom. The SMILES string of the molecule is COc1cccc(C(CNC(=O)c2ccc(OC(C)C)c(OC)c2)N(C)C)c1. The summed E-state index contributed by atoms with van der Waals surface area (Å²) in [4.78, 5) is 14.7. The van der Waals surface area contributed by atoms with Crippen molar-refractivity contribution in [3.05, 3.63) is 53.6 Å². The molecule has 0 aliphatic carbocycles. The van der Waals surface area contributed by atoms with Crippen LogP contribution in [0.1, 0.15) is 35.8 Å². The van der Waals surface area contributed by atoms with E-state index in [1.54, 1.807) is 32.4 Å². The molecule has 2 aromatic carbocycles. The maximum Gasteiger partial charge on any atom is 0.251 e. The van der Waals surface area contributed by atoms with Gasteiger partial charge in [-0.15, -0.1) is 0 Å². The summed E-state index contributed by atoms with van der Waals surface area (Å²) in [6.45, 7) is 4.35. The van der Waals surface area contributed by atoms with Crippen LogP contribution in [0.15, 0.2) is 42.5 Å². The van der Waals surface area contributed by atoms with Crippen LogP contribution in [-0.2, 0) is 0 Å². The molecule has 0 saturated heterocycles. The first kappa shape index (κ1) is 21.6. The average molecular weight is 386 g/mol. The van der Waals surface area contributed by atoms with Gasteiger partial charge in [-0.25, -0.2) is 0 Å². The van der Waals surface area contributed by atoms with E-state index < -0.39 is 0 Å². The van der Waals surface area contributed by atoms with Crippen LogP contribution in [0.25, 0.3) is 0 Å². The first-order valence-electron chi connectivity index (χ1n) is 9.29. The number of hydrogen-bond acceptors (Lipinski definition) is 5. The number of carbonyl (C=O) groups is 1. The highest BCUT2D eigenvalue weighted by molar-refractivity contribution is 5.94. The van der Waals surface area contributed by atoms with Crippen LogP contribution < -0.4 is 19.5 Å². The van der Waals surface area contributed by atoms with Gasteiger partial charge in [0.2, 0.25) is 0 Å². The lowest BCUT2D eigenvalue weighted by Crippen LogP contribution is -2.34. The van der Waals surface area contributed by atoms with Crippen molar-refractivity contribution in [2.75, 3.05) is 34.9 Å². The van der Waals surface area contributed by atoms with Gasteiger partial charge < -0.3 is 24.4 Å². The molecular weight excluding hydrogens is 356 g/mol. The average Bonchev–Trinajstić information content (AvgIpc) is 2.67. The normalized spacial score (nSPS) is 12.0. The molecule has 0 fully saturated rings. The summed E-state index contributed by atoms with van der Waals surface area (Å²) in [7, 11) is 7.18. The molecule has 0 saturated carbocycles. The van der Waals surface area contributed by atoms with E-state index in [-0.39, 0.29) is 18.1 Å². The smallest absolute Gasteiger partial charge is 0.251 e. The second-order valence-corrected chi connectivity index (χ2v) is 7.00. The monoisotopic (exact) mass is 386 g/mol. The van der Waals surface area contributed by atoms with Gasteiger partial charge in [0.1, 0.15) is 5.75 Å². The predicted octanol–water partition coefficient (Wildman–Crippen LogP) is 3.52. The van der Waals surface area contributed by atoms with Crippen molar-refractivity contribution in [2.24, 2.45) is 0 Å². The summed E-state index contributed by atoms with van der Waals surface area (Å²) in [5.74, 6) is 1.79. The van der Waals surface area contributed by atoms with E-state index in [1.165, 1.54) is 0 Å². The third-order valence-electron chi connectivity index (χ3n) is 4.35. The van der Waals surface area contributed by atoms with Crippen molar-refractivity contribution in [1.82, 2.24) is 10.2 Å². The van der Waals surface area contributed by atoms with Gasteiger partial charge in [0.05, 0.1) is 26.4 Å². The van der Waals surface area contributed by atoms with Gasteiger partial charge in [-0.1, -0.05) is 12.1 Å². The summed E-state index contributed by atoms with van der Waals surface area (Å²) in [6.07, 6.45) is 0.0253. The topological polar surface area (TPSA) is 60.0 Å². The molecule has 152 valence electrons. The van der Waals surface area contributed by atoms with E-state index in [1.807, 2.05) is 52.2 Å². The largest absolute Gasteiger partial charge is 0.497 e. The number of hydrogen-bond donors (Lipinski definition) is 1. The molecular formula is C22H30N2O4. The lowest BCUT2D eigenvalue weighted by molar-refractivity contribution is 0.0941. The van der Waals surface area contributed by atoms with E-state index in [9.17, 15) is 4.79 Å². The molecule has 6 nitrogen and oxygen atoms in total. The van der Waals surface area contributed by atoms with Gasteiger partial charge in [0.25, 0.3) is 5.91 Å². The van der Waals surface area contributed by atoms with Crippen molar-refractivity contribution in [1.29, 1.82) is 0 Å². The van der Waals surface area contributed by atoms with Crippen LogP contribution in [0.2, 0.25) is 0 Å². The zero-order valence-corrected chi connectivity index (χ0v) is 17.5.